The van der Waals surface area contributed by atoms with Gasteiger partial charge in [0, 0.05) is 13.6 Å². The molecule has 0 saturated heterocycles. The van der Waals surface area contributed by atoms with Gasteiger partial charge in [-0.1, -0.05) is 0 Å². The van der Waals surface area contributed by atoms with Gasteiger partial charge < -0.3 is 15.3 Å². The standard InChI is InChI=1S/C13H17F3N2O2/c1-8(7-19)18(2)13(20)17-4-3-9-5-10(14)12(16)11(15)6-9/h5-6,8,19H,3-4,7H2,1-2H3,(H,17,20). The summed E-state index contributed by atoms with van der Waals surface area (Å²) in [5.41, 5.74) is 0.250. The molecule has 0 bridgehead atoms. The van der Waals surface area contributed by atoms with Crippen molar-refractivity contribution in [2.45, 2.75) is 19.4 Å². The first-order chi connectivity index (χ1) is 9.36. The second-order valence-electron chi connectivity index (χ2n) is 4.50. The fourth-order valence-corrected chi connectivity index (χ4v) is 1.51. The van der Waals surface area contributed by atoms with Crippen LogP contribution in [0.2, 0.25) is 0 Å². The Morgan fingerprint density at radius 2 is 1.90 bits per heavy atom. The second kappa shape index (κ2) is 7.14. The van der Waals surface area contributed by atoms with Crippen LogP contribution in [0.25, 0.3) is 0 Å². The van der Waals surface area contributed by atoms with Gasteiger partial charge in [-0.2, -0.15) is 0 Å². The number of urea groups is 1. The fourth-order valence-electron chi connectivity index (χ4n) is 1.51. The van der Waals surface area contributed by atoms with Gasteiger partial charge in [0.25, 0.3) is 0 Å². The Morgan fingerprint density at radius 3 is 2.40 bits per heavy atom. The van der Waals surface area contributed by atoms with E-state index in [0.717, 1.165) is 12.1 Å². The molecule has 0 aliphatic heterocycles. The summed E-state index contributed by atoms with van der Waals surface area (Å²) in [6.45, 7) is 1.65. The van der Waals surface area contributed by atoms with E-state index in [1.54, 1.807) is 6.92 Å². The molecule has 1 unspecified atom stereocenters. The van der Waals surface area contributed by atoms with E-state index in [1.165, 1.54) is 11.9 Å². The lowest BCUT2D eigenvalue weighted by Gasteiger charge is -2.23. The van der Waals surface area contributed by atoms with Crippen molar-refractivity contribution >= 4 is 6.03 Å². The monoisotopic (exact) mass is 290 g/mol. The molecule has 0 saturated carbocycles. The quantitative estimate of drug-likeness (QED) is 0.811. The highest BCUT2D eigenvalue weighted by Crippen LogP contribution is 2.13. The molecule has 112 valence electrons. The normalized spacial score (nSPS) is 12.1. The summed E-state index contributed by atoms with van der Waals surface area (Å²) in [6.07, 6.45) is 0.168. The maximum atomic E-state index is 13.0. The molecule has 2 N–H and O–H groups in total. The Bertz CT molecular complexity index is 460. The van der Waals surface area contributed by atoms with E-state index in [2.05, 4.69) is 5.32 Å². The van der Waals surface area contributed by atoms with Crippen molar-refractivity contribution in [3.05, 3.63) is 35.1 Å². The summed E-state index contributed by atoms with van der Waals surface area (Å²) in [4.78, 5) is 12.9. The van der Waals surface area contributed by atoms with E-state index in [-0.39, 0.29) is 31.2 Å². The Morgan fingerprint density at radius 1 is 1.35 bits per heavy atom. The molecule has 0 radical (unpaired) electrons. The predicted octanol–water partition coefficient (Wildman–Crippen LogP) is 1.67. The Balaban J connectivity index is 2.51. The number of rotatable bonds is 5. The van der Waals surface area contributed by atoms with E-state index >= 15 is 0 Å². The number of aliphatic hydroxyl groups excluding tert-OH is 1. The van der Waals surface area contributed by atoms with Crippen LogP contribution < -0.4 is 5.32 Å². The number of halogens is 3. The lowest BCUT2D eigenvalue weighted by atomic mass is 10.1. The molecule has 0 heterocycles. The van der Waals surface area contributed by atoms with Gasteiger partial charge in [-0.25, -0.2) is 18.0 Å². The van der Waals surface area contributed by atoms with Crippen LogP contribution in [0.3, 0.4) is 0 Å². The van der Waals surface area contributed by atoms with Gasteiger partial charge >= 0.3 is 6.03 Å². The molecule has 1 rings (SSSR count). The van der Waals surface area contributed by atoms with Crippen LogP contribution in [0.15, 0.2) is 12.1 Å². The molecule has 0 spiro atoms. The number of carbonyl (C=O) groups excluding carboxylic acids is 1. The molecule has 4 nitrogen and oxygen atoms in total. The van der Waals surface area contributed by atoms with Crippen molar-refractivity contribution in [1.82, 2.24) is 10.2 Å². The first-order valence-corrected chi connectivity index (χ1v) is 6.11. The molecule has 1 aromatic rings. The third-order valence-corrected chi connectivity index (χ3v) is 2.98. The van der Waals surface area contributed by atoms with Crippen molar-refractivity contribution < 1.29 is 23.1 Å². The Hall–Kier alpha value is -1.76. The van der Waals surface area contributed by atoms with Crippen molar-refractivity contribution in [2.75, 3.05) is 20.2 Å². The van der Waals surface area contributed by atoms with E-state index in [1.807, 2.05) is 0 Å². The van der Waals surface area contributed by atoms with Crippen LogP contribution >= 0.6 is 0 Å². The summed E-state index contributed by atoms with van der Waals surface area (Å²) >= 11 is 0. The summed E-state index contributed by atoms with van der Waals surface area (Å²) in [7, 11) is 1.52. The summed E-state index contributed by atoms with van der Waals surface area (Å²) in [5, 5.41) is 11.4. The first-order valence-electron chi connectivity index (χ1n) is 6.11. The van der Waals surface area contributed by atoms with E-state index in [4.69, 9.17) is 5.11 Å². The lowest BCUT2D eigenvalue weighted by Crippen LogP contribution is -2.44. The van der Waals surface area contributed by atoms with Gasteiger partial charge in [-0.3, -0.25) is 0 Å². The van der Waals surface area contributed by atoms with E-state index in [0.29, 0.717) is 0 Å². The van der Waals surface area contributed by atoms with Gasteiger partial charge in [0.15, 0.2) is 17.5 Å². The number of likely N-dealkylation sites (N-methyl/N-ethyl adjacent to an activating group) is 1. The van der Waals surface area contributed by atoms with Gasteiger partial charge in [-0.15, -0.1) is 0 Å². The highest BCUT2D eigenvalue weighted by Gasteiger charge is 2.14. The minimum Gasteiger partial charge on any atom is -0.394 e. The number of aliphatic hydroxyl groups is 1. The number of nitrogens with one attached hydrogen (secondary N) is 1. The zero-order valence-corrected chi connectivity index (χ0v) is 11.3. The average molecular weight is 290 g/mol. The SMILES string of the molecule is CC(CO)N(C)C(=O)NCCc1cc(F)c(F)c(F)c1. The molecule has 7 heteroatoms. The smallest absolute Gasteiger partial charge is 0.317 e. The van der Waals surface area contributed by atoms with Crippen LogP contribution in [-0.2, 0) is 6.42 Å². The molecule has 20 heavy (non-hydrogen) atoms. The minimum atomic E-state index is -1.51. The van der Waals surface area contributed by atoms with E-state index in [9.17, 15) is 18.0 Å². The largest absolute Gasteiger partial charge is 0.394 e. The van der Waals surface area contributed by atoms with Crippen molar-refractivity contribution in [2.24, 2.45) is 0 Å². The third-order valence-electron chi connectivity index (χ3n) is 2.98. The number of benzene rings is 1. The topological polar surface area (TPSA) is 52.6 Å². The molecular weight excluding hydrogens is 273 g/mol. The number of amides is 2. The number of carbonyl (C=O) groups is 1. The second-order valence-corrected chi connectivity index (χ2v) is 4.50. The van der Waals surface area contributed by atoms with Crippen LogP contribution in [0.4, 0.5) is 18.0 Å². The fraction of sp³-hybridized carbons (Fsp3) is 0.462. The molecule has 1 atom stereocenters. The van der Waals surface area contributed by atoms with Crippen molar-refractivity contribution in [3.8, 4) is 0 Å². The average Bonchev–Trinajstić information content (AvgIpc) is 2.42. The summed E-state index contributed by atoms with van der Waals surface area (Å²) in [5.74, 6) is -4.01. The van der Waals surface area contributed by atoms with Gasteiger partial charge in [0.05, 0.1) is 12.6 Å². The van der Waals surface area contributed by atoms with Gasteiger partial charge in [0.1, 0.15) is 0 Å². The summed E-state index contributed by atoms with van der Waals surface area (Å²) < 4.78 is 38.7. The Kier molecular flexibility index (Phi) is 5.82. The molecule has 2 amide bonds. The molecule has 1 aromatic carbocycles. The van der Waals surface area contributed by atoms with E-state index < -0.39 is 23.5 Å². The van der Waals surface area contributed by atoms with Gasteiger partial charge in [-0.05, 0) is 31.0 Å². The highest BCUT2D eigenvalue weighted by atomic mass is 19.2. The predicted molar refractivity (Wildman–Crippen MR) is 67.7 cm³/mol. The third kappa shape index (κ3) is 4.12. The minimum absolute atomic E-state index is 0.145. The van der Waals surface area contributed by atoms with Crippen LogP contribution in [0.5, 0.6) is 0 Å². The number of nitrogens with zero attached hydrogens (tertiary/aromatic N) is 1. The molecule has 0 aliphatic carbocycles. The number of hydrogen-bond donors (Lipinski definition) is 2. The van der Waals surface area contributed by atoms with Crippen LogP contribution in [0.1, 0.15) is 12.5 Å². The maximum absolute atomic E-state index is 13.0. The lowest BCUT2D eigenvalue weighted by molar-refractivity contribution is 0.157. The van der Waals surface area contributed by atoms with Gasteiger partial charge in [0.2, 0.25) is 0 Å². The molecule has 0 aliphatic rings. The number of hydrogen-bond acceptors (Lipinski definition) is 2. The van der Waals surface area contributed by atoms with Crippen molar-refractivity contribution in [3.63, 3.8) is 0 Å². The molecular formula is C13H17F3N2O2. The van der Waals surface area contributed by atoms with Crippen LogP contribution in [-0.4, -0.2) is 42.3 Å². The molecule has 0 aromatic heterocycles. The Labute approximate surface area is 115 Å². The zero-order valence-electron chi connectivity index (χ0n) is 11.3. The zero-order chi connectivity index (χ0) is 15.3. The maximum Gasteiger partial charge on any atom is 0.317 e. The van der Waals surface area contributed by atoms with Crippen LogP contribution in [0, 0.1) is 17.5 Å². The first kappa shape index (κ1) is 16.3. The van der Waals surface area contributed by atoms with Crippen molar-refractivity contribution in [1.29, 1.82) is 0 Å². The summed E-state index contributed by atoms with van der Waals surface area (Å²) in [6, 6.07) is 1.04. The highest BCUT2D eigenvalue weighted by molar-refractivity contribution is 5.74. The molecule has 0 fully saturated rings.